The first-order valence-electron chi connectivity index (χ1n) is 10.1. The highest BCUT2D eigenvalue weighted by atomic mass is 16.5. The number of nitriles is 1. The van der Waals surface area contributed by atoms with E-state index in [1.54, 1.807) is 10.7 Å². The first-order chi connectivity index (χ1) is 13.7. The SMILES string of the molecule is N#Cc1cc2c(nc1N1CC(Cn3nc4c(cc3=O)CCCC4)C1)CCOC2. The summed E-state index contributed by atoms with van der Waals surface area (Å²) < 4.78 is 7.10. The number of aryl methyl sites for hydroxylation is 2. The fourth-order valence-electron chi connectivity index (χ4n) is 4.43. The van der Waals surface area contributed by atoms with Gasteiger partial charge in [-0.25, -0.2) is 9.67 Å². The second-order valence-corrected chi connectivity index (χ2v) is 7.99. The fraction of sp³-hybridized carbons (Fsp3) is 0.524. The van der Waals surface area contributed by atoms with Crippen molar-refractivity contribution in [2.75, 3.05) is 24.6 Å². The van der Waals surface area contributed by atoms with Crippen LogP contribution in [0.5, 0.6) is 0 Å². The van der Waals surface area contributed by atoms with Gasteiger partial charge in [0, 0.05) is 37.1 Å². The van der Waals surface area contributed by atoms with Gasteiger partial charge in [0.05, 0.1) is 36.7 Å². The molecule has 5 rings (SSSR count). The molecular weight excluding hydrogens is 354 g/mol. The normalized spacial score (nSPS) is 18.8. The second kappa shape index (κ2) is 7.02. The minimum absolute atomic E-state index is 0.00344. The molecule has 0 bridgehead atoms. The number of rotatable bonds is 3. The first kappa shape index (κ1) is 17.4. The van der Waals surface area contributed by atoms with Crippen molar-refractivity contribution in [3.63, 3.8) is 0 Å². The molecule has 7 nitrogen and oxygen atoms in total. The molecule has 0 atom stereocenters. The summed E-state index contributed by atoms with van der Waals surface area (Å²) in [6, 6.07) is 5.97. The van der Waals surface area contributed by atoms with Crippen LogP contribution in [0, 0.1) is 17.2 Å². The van der Waals surface area contributed by atoms with Crippen molar-refractivity contribution in [2.24, 2.45) is 5.92 Å². The molecule has 2 aromatic heterocycles. The van der Waals surface area contributed by atoms with Crippen molar-refractivity contribution in [3.8, 4) is 6.07 Å². The van der Waals surface area contributed by atoms with Crippen LogP contribution in [-0.2, 0) is 37.2 Å². The third-order valence-electron chi connectivity index (χ3n) is 5.99. The van der Waals surface area contributed by atoms with Crippen molar-refractivity contribution in [3.05, 3.63) is 50.6 Å². The third kappa shape index (κ3) is 3.08. The van der Waals surface area contributed by atoms with E-state index in [4.69, 9.17) is 9.72 Å². The van der Waals surface area contributed by atoms with Gasteiger partial charge in [-0.3, -0.25) is 4.79 Å². The number of anilines is 1. The highest BCUT2D eigenvalue weighted by Gasteiger charge is 2.31. The van der Waals surface area contributed by atoms with E-state index in [9.17, 15) is 10.1 Å². The topological polar surface area (TPSA) is 84.0 Å². The van der Waals surface area contributed by atoms with Gasteiger partial charge in [-0.1, -0.05) is 0 Å². The molecule has 2 aromatic rings. The van der Waals surface area contributed by atoms with E-state index < -0.39 is 0 Å². The van der Waals surface area contributed by atoms with Gasteiger partial charge in [-0.15, -0.1) is 0 Å². The number of hydrogen-bond donors (Lipinski definition) is 0. The molecule has 3 aliphatic rings. The Bertz CT molecular complexity index is 1020. The van der Waals surface area contributed by atoms with Gasteiger partial charge in [0.15, 0.2) is 0 Å². The van der Waals surface area contributed by atoms with Crippen LogP contribution in [0.3, 0.4) is 0 Å². The van der Waals surface area contributed by atoms with Gasteiger partial charge in [-0.05, 0) is 37.3 Å². The van der Waals surface area contributed by atoms with E-state index in [0.29, 0.717) is 31.2 Å². The van der Waals surface area contributed by atoms with Crippen molar-refractivity contribution in [1.82, 2.24) is 14.8 Å². The van der Waals surface area contributed by atoms with Crippen LogP contribution in [0.25, 0.3) is 0 Å². The minimum Gasteiger partial charge on any atom is -0.376 e. The molecule has 0 radical (unpaired) electrons. The average molecular weight is 377 g/mol. The highest BCUT2D eigenvalue weighted by molar-refractivity contribution is 5.57. The standard InChI is InChI=1S/C21H23N5O2/c22-9-16-7-17-13-28-6-5-18(17)23-21(16)25-10-14(11-25)12-26-20(27)8-15-3-1-2-4-19(15)24-26/h7-8,14H,1-6,10-13H2. The predicted octanol–water partition coefficient (Wildman–Crippen LogP) is 1.60. The molecule has 0 aromatic carbocycles. The van der Waals surface area contributed by atoms with Crippen molar-refractivity contribution in [2.45, 2.75) is 45.3 Å². The number of ether oxygens (including phenoxy) is 1. The van der Waals surface area contributed by atoms with Crippen LogP contribution in [0.2, 0.25) is 0 Å². The number of hydrogen-bond acceptors (Lipinski definition) is 6. The summed E-state index contributed by atoms with van der Waals surface area (Å²) in [5.74, 6) is 1.12. The quantitative estimate of drug-likeness (QED) is 0.808. The van der Waals surface area contributed by atoms with Crippen molar-refractivity contribution >= 4 is 5.82 Å². The molecule has 28 heavy (non-hydrogen) atoms. The molecule has 7 heteroatoms. The van der Waals surface area contributed by atoms with E-state index in [-0.39, 0.29) is 5.56 Å². The molecule has 144 valence electrons. The van der Waals surface area contributed by atoms with Gasteiger partial charge in [-0.2, -0.15) is 10.4 Å². The van der Waals surface area contributed by atoms with Crippen LogP contribution < -0.4 is 10.5 Å². The lowest BCUT2D eigenvalue weighted by atomic mass is 9.96. The molecule has 1 aliphatic carbocycles. The molecule has 0 spiro atoms. The highest BCUT2D eigenvalue weighted by Crippen LogP contribution is 2.30. The molecule has 4 heterocycles. The van der Waals surface area contributed by atoms with E-state index in [2.05, 4.69) is 16.1 Å². The number of nitrogens with zero attached hydrogens (tertiary/aromatic N) is 5. The van der Waals surface area contributed by atoms with Gasteiger partial charge >= 0.3 is 0 Å². The molecule has 1 fully saturated rings. The summed E-state index contributed by atoms with van der Waals surface area (Å²) in [4.78, 5) is 19.3. The van der Waals surface area contributed by atoms with Crippen LogP contribution in [0.15, 0.2) is 16.9 Å². The maximum atomic E-state index is 12.4. The Hall–Kier alpha value is -2.72. The minimum atomic E-state index is 0.00344. The van der Waals surface area contributed by atoms with Crippen molar-refractivity contribution in [1.29, 1.82) is 5.26 Å². The first-order valence-corrected chi connectivity index (χ1v) is 10.1. The maximum absolute atomic E-state index is 12.4. The zero-order valence-electron chi connectivity index (χ0n) is 15.9. The van der Waals surface area contributed by atoms with Gasteiger partial charge < -0.3 is 9.64 Å². The zero-order valence-corrected chi connectivity index (χ0v) is 15.9. The van der Waals surface area contributed by atoms with Gasteiger partial charge in [0.1, 0.15) is 11.9 Å². The molecule has 0 unspecified atom stereocenters. The van der Waals surface area contributed by atoms with Crippen molar-refractivity contribution < 1.29 is 4.74 Å². The van der Waals surface area contributed by atoms with E-state index in [1.165, 1.54) is 0 Å². The van der Waals surface area contributed by atoms with Gasteiger partial charge in [0.25, 0.3) is 5.56 Å². The third-order valence-corrected chi connectivity index (χ3v) is 5.99. The Morgan fingerprint density at radius 2 is 2.00 bits per heavy atom. The number of fused-ring (bicyclic) bond motifs is 2. The van der Waals surface area contributed by atoms with Crippen LogP contribution in [0.1, 0.15) is 40.9 Å². The van der Waals surface area contributed by atoms with Gasteiger partial charge in [0.2, 0.25) is 0 Å². The zero-order chi connectivity index (χ0) is 19.1. The van der Waals surface area contributed by atoms with Crippen LogP contribution >= 0.6 is 0 Å². The Labute approximate surface area is 163 Å². The Morgan fingerprint density at radius 1 is 1.14 bits per heavy atom. The lowest BCUT2D eigenvalue weighted by Crippen LogP contribution is -2.50. The Balaban J connectivity index is 1.31. The second-order valence-electron chi connectivity index (χ2n) is 7.99. The summed E-state index contributed by atoms with van der Waals surface area (Å²) in [6.45, 7) is 3.43. The largest absolute Gasteiger partial charge is 0.376 e. The molecule has 1 saturated heterocycles. The van der Waals surface area contributed by atoms with E-state index in [1.807, 2.05) is 6.07 Å². The average Bonchev–Trinajstić information content (AvgIpc) is 2.69. The summed E-state index contributed by atoms with van der Waals surface area (Å²) in [6.07, 6.45) is 5.04. The van der Waals surface area contributed by atoms with Crippen LogP contribution in [-0.4, -0.2) is 34.5 Å². The lowest BCUT2D eigenvalue weighted by Gasteiger charge is -2.41. The summed E-state index contributed by atoms with van der Waals surface area (Å²) in [5.41, 5.74) is 4.89. The molecule has 0 saturated carbocycles. The summed E-state index contributed by atoms with van der Waals surface area (Å²) in [7, 11) is 0. The fourth-order valence-corrected chi connectivity index (χ4v) is 4.43. The molecule has 0 N–H and O–H groups in total. The Kier molecular flexibility index (Phi) is 4.36. The molecule has 2 aliphatic heterocycles. The monoisotopic (exact) mass is 377 g/mol. The molecule has 0 amide bonds. The van der Waals surface area contributed by atoms with E-state index >= 15 is 0 Å². The molecular formula is C21H23N5O2. The van der Waals surface area contributed by atoms with Crippen LogP contribution in [0.4, 0.5) is 5.82 Å². The number of aromatic nitrogens is 3. The maximum Gasteiger partial charge on any atom is 0.267 e. The lowest BCUT2D eigenvalue weighted by molar-refractivity contribution is 0.109. The summed E-state index contributed by atoms with van der Waals surface area (Å²) in [5, 5.41) is 14.2. The summed E-state index contributed by atoms with van der Waals surface area (Å²) >= 11 is 0. The Morgan fingerprint density at radius 3 is 2.86 bits per heavy atom. The number of pyridine rings is 1. The smallest absolute Gasteiger partial charge is 0.267 e. The van der Waals surface area contributed by atoms with E-state index in [0.717, 1.165) is 73.5 Å². The predicted molar refractivity (Wildman–Crippen MR) is 103 cm³/mol.